The van der Waals surface area contributed by atoms with E-state index >= 15 is 0 Å². The van der Waals surface area contributed by atoms with Crippen LogP contribution in [0.4, 0.5) is 39.8 Å². The number of carbonyl (C=O) groups is 3. The molecule has 0 bridgehead atoms. The summed E-state index contributed by atoms with van der Waals surface area (Å²) in [5.41, 5.74) is 2.25. The zero-order valence-corrected chi connectivity index (χ0v) is 18.0. The molecular weight excluding hydrogens is 463 g/mol. The maximum atomic E-state index is 12.8. The number of halogens is 3. The molecule has 1 saturated heterocycles. The number of benzene rings is 2. The van der Waals surface area contributed by atoms with Crippen molar-refractivity contribution in [3.8, 4) is 0 Å². The summed E-state index contributed by atoms with van der Waals surface area (Å²) in [6.45, 7) is 0.209. The Labute approximate surface area is 197 Å². The number of nitrogens with zero attached hydrogens (tertiary/aromatic N) is 2. The Morgan fingerprint density at radius 2 is 1.80 bits per heavy atom. The number of hydrogen-bond donors (Lipinski definition) is 3. The second-order valence-electron chi connectivity index (χ2n) is 7.96. The number of anilines is 3. The van der Waals surface area contributed by atoms with E-state index in [2.05, 4.69) is 15.6 Å². The highest BCUT2D eigenvalue weighted by Crippen LogP contribution is 2.35. The van der Waals surface area contributed by atoms with Crippen molar-refractivity contribution in [3.63, 3.8) is 0 Å². The number of rotatable bonds is 3. The third-order valence-corrected chi connectivity index (χ3v) is 5.74. The van der Waals surface area contributed by atoms with Crippen LogP contribution in [0, 0.1) is 0 Å². The monoisotopic (exact) mass is 481 g/mol. The maximum absolute atomic E-state index is 12.8. The molecule has 5 rings (SSSR count). The van der Waals surface area contributed by atoms with Gasteiger partial charge in [-0.3, -0.25) is 9.69 Å². The van der Waals surface area contributed by atoms with Gasteiger partial charge in [-0.25, -0.2) is 14.5 Å². The topological polar surface area (TPSA) is 97.5 Å². The summed E-state index contributed by atoms with van der Waals surface area (Å²) in [6.07, 6.45) is -1.01. The quantitative estimate of drug-likeness (QED) is 0.459. The van der Waals surface area contributed by atoms with Crippen molar-refractivity contribution in [2.45, 2.75) is 6.18 Å². The molecule has 3 N–H and O–H groups in total. The SMILES string of the molecule is O=C1Nc2cc(NC(=O)N3CCN(c4ccc(C(F)(F)F)cc4)C3=O)ccc2C1=Cc1ccc[nH]1. The molecule has 1 aromatic heterocycles. The van der Waals surface area contributed by atoms with Gasteiger partial charge in [0, 0.05) is 35.4 Å². The molecule has 3 heterocycles. The first-order chi connectivity index (χ1) is 16.7. The van der Waals surface area contributed by atoms with Crippen LogP contribution in [-0.2, 0) is 11.0 Å². The Morgan fingerprint density at radius 1 is 1.03 bits per heavy atom. The van der Waals surface area contributed by atoms with E-state index < -0.39 is 23.8 Å². The Morgan fingerprint density at radius 3 is 2.49 bits per heavy atom. The molecule has 1 fully saturated rings. The molecule has 178 valence electrons. The van der Waals surface area contributed by atoms with E-state index in [-0.39, 0.29) is 24.7 Å². The van der Waals surface area contributed by atoms with E-state index in [0.29, 0.717) is 22.5 Å². The van der Waals surface area contributed by atoms with Crippen LogP contribution in [0.5, 0.6) is 0 Å². The number of imide groups is 1. The third-order valence-electron chi connectivity index (χ3n) is 5.74. The van der Waals surface area contributed by atoms with Crippen LogP contribution in [0.15, 0.2) is 60.8 Å². The molecule has 8 nitrogen and oxygen atoms in total. The second kappa shape index (κ2) is 8.35. The normalized spacial score (nSPS) is 16.6. The van der Waals surface area contributed by atoms with Crippen LogP contribution in [0.1, 0.15) is 16.8 Å². The Kier molecular flexibility index (Phi) is 5.31. The van der Waals surface area contributed by atoms with Gasteiger partial charge in [-0.1, -0.05) is 6.07 Å². The first-order valence-corrected chi connectivity index (χ1v) is 10.6. The highest BCUT2D eigenvalue weighted by Gasteiger charge is 2.35. The van der Waals surface area contributed by atoms with Crippen molar-refractivity contribution in [3.05, 3.63) is 77.6 Å². The fourth-order valence-corrected chi connectivity index (χ4v) is 3.99. The van der Waals surface area contributed by atoms with Crippen molar-refractivity contribution < 1.29 is 27.6 Å². The van der Waals surface area contributed by atoms with E-state index in [1.165, 1.54) is 17.0 Å². The first kappa shape index (κ1) is 22.3. The van der Waals surface area contributed by atoms with Gasteiger partial charge in [-0.2, -0.15) is 13.2 Å². The molecular formula is C24H18F3N5O3. The molecule has 5 amide bonds. The van der Waals surface area contributed by atoms with E-state index in [0.717, 1.165) is 22.7 Å². The largest absolute Gasteiger partial charge is 0.416 e. The number of urea groups is 2. The molecule has 2 aliphatic rings. The van der Waals surface area contributed by atoms with Gasteiger partial charge in [0.05, 0.1) is 23.4 Å². The van der Waals surface area contributed by atoms with E-state index in [9.17, 15) is 27.6 Å². The summed E-state index contributed by atoms with van der Waals surface area (Å²) >= 11 is 0. The fraction of sp³-hybridized carbons (Fsp3) is 0.125. The van der Waals surface area contributed by atoms with Crippen LogP contribution in [0.2, 0.25) is 0 Å². The summed E-state index contributed by atoms with van der Waals surface area (Å²) in [5, 5.41) is 5.39. The molecule has 0 unspecified atom stereocenters. The molecule has 2 aliphatic heterocycles. The molecule has 0 radical (unpaired) electrons. The average Bonchev–Trinajstić information content (AvgIpc) is 3.53. The summed E-state index contributed by atoms with van der Waals surface area (Å²) in [6, 6.07) is 11.4. The minimum atomic E-state index is -4.48. The Hall–Kier alpha value is -4.54. The number of fused-ring (bicyclic) bond motifs is 1. The summed E-state index contributed by atoms with van der Waals surface area (Å²) in [7, 11) is 0. The number of hydrogen-bond acceptors (Lipinski definition) is 3. The van der Waals surface area contributed by atoms with Crippen molar-refractivity contribution in [1.29, 1.82) is 0 Å². The number of nitrogens with one attached hydrogen (secondary N) is 3. The summed E-state index contributed by atoms with van der Waals surface area (Å²) in [5.74, 6) is -0.278. The van der Waals surface area contributed by atoms with E-state index in [4.69, 9.17) is 0 Å². The van der Waals surface area contributed by atoms with Crippen LogP contribution in [-0.4, -0.2) is 40.9 Å². The van der Waals surface area contributed by atoms with E-state index in [1.54, 1.807) is 30.5 Å². The maximum Gasteiger partial charge on any atom is 0.416 e. The lowest BCUT2D eigenvalue weighted by Crippen LogP contribution is -2.39. The Balaban J connectivity index is 1.28. The summed E-state index contributed by atoms with van der Waals surface area (Å²) in [4.78, 5) is 43.1. The van der Waals surface area contributed by atoms with Gasteiger partial charge in [-0.05, 0) is 54.6 Å². The molecule has 2 aromatic carbocycles. The van der Waals surface area contributed by atoms with Gasteiger partial charge in [0.2, 0.25) is 0 Å². The molecule has 0 saturated carbocycles. The van der Waals surface area contributed by atoms with Gasteiger partial charge < -0.3 is 15.6 Å². The fourth-order valence-electron chi connectivity index (χ4n) is 3.99. The number of H-pyrrole nitrogens is 1. The number of aromatic nitrogens is 1. The highest BCUT2D eigenvalue weighted by molar-refractivity contribution is 6.35. The first-order valence-electron chi connectivity index (χ1n) is 10.6. The van der Waals surface area contributed by atoms with Gasteiger partial charge in [0.1, 0.15) is 0 Å². The van der Waals surface area contributed by atoms with Gasteiger partial charge in [0.15, 0.2) is 0 Å². The molecule has 35 heavy (non-hydrogen) atoms. The number of aromatic amines is 1. The lowest BCUT2D eigenvalue weighted by molar-refractivity contribution is -0.137. The molecule has 0 spiro atoms. The third kappa shape index (κ3) is 4.23. The zero-order chi connectivity index (χ0) is 24.7. The van der Waals surface area contributed by atoms with Crippen molar-refractivity contribution >= 4 is 46.7 Å². The average molecular weight is 481 g/mol. The lowest BCUT2D eigenvalue weighted by Gasteiger charge is -2.18. The standard InChI is InChI=1S/C24H18F3N5O3/c25-24(26,27)14-3-6-17(7-4-14)31-10-11-32(23(31)35)22(34)29-16-5-8-18-19(12-15-2-1-9-28-15)21(33)30-20(18)13-16/h1-9,12-13,28H,10-11H2,(H,29,34)(H,30,33). The number of alkyl halides is 3. The molecule has 11 heteroatoms. The Bertz CT molecular complexity index is 1350. The minimum Gasteiger partial charge on any atom is -0.362 e. The summed E-state index contributed by atoms with van der Waals surface area (Å²) < 4.78 is 38.4. The number of carbonyl (C=O) groups excluding carboxylic acids is 3. The minimum absolute atomic E-state index is 0.0659. The smallest absolute Gasteiger partial charge is 0.362 e. The van der Waals surface area contributed by atoms with Gasteiger partial charge >= 0.3 is 18.2 Å². The zero-order valence-electron chi connectivity index (χ0n) is 18.0. The van der Waals surface area contributed by atoms with Gasteiger partial charge in [0.25, 0.3) is 5.91 Å². The lowest BCUT2D eigenvalue weighted by atomic mass is 10.1. The van der Waals surface area contributed by atoms with Crippen LogP contribution in [0.3, 0.4) is 0 Å². The molecule has 0 aliphatic carbocycles. The highest BCUT2D eigenvalue weighted by atomic mass is 19.4. The predicted molar refractivity (Wildman–Crippen MR) is 124 cm³/mol. The predicted octanol–water partition coefficient (Wildman–Crippen LogP) is 5.00. The van der Waals surface area contributed by atoms with Crippen molar-refractivity contribution in [2.75, 3.05) is 28.6 Å². The van der Waals surface area contributed by atoms with Gasteiger partial charge in [-0.15, -0.1) is 0 Å². The molecule has 3 aromatic rings. The second-order valence-corrected chi connectivity index (χ2v) is 7.96. The van der Waals surface area contributed by atoms with Crippen LogP contribution in [0.25, 0.3) is 11.6 Å². The van der Waals surface area contributed by atoms with Crippen LogP contribution >= 0.6 is 0 Å². The van der Waals surface area contributed by atoms with Crippen molar-refractivity contribution in [2.24, 2.45) is 0 Å². The van der Waals surface area contributed by atoms with Crippen LogP contribution < -0.4 is 15.5 Å². The molecule has 0 atom stereocenters. The van der Waals surface area contributed by atoms with E-state index in [1.807, 2.05) is 12.1 Å². The van der Waals surface area contributed by atoms with Crippen molar-refractivity contribution in [1.82, 2.24) is 9.88 Å². The number of amides is 5.